The zero-order chi connectivity index (χ0) is 12.3. The van der Waals surface area contributed by atoms with Crippen LogP contribution in [-0.2, 0) is 9.53 Å². The Balaban J connectivity index is 1.91. The smallest absolute Gasteiger partial charge is 0.255 e. The molecule has 1 N–H and O–H groups in total. The van der Waals surface area contributed by atoms with Crippen LogP contribution in [0.25, 0.3) is 0 Å². The molecule has 0 saturated heterocycles. The highest BCUT2D eigenvalue weighted by Gasteiger charge is 2.38. The van der Waals surface area contributed by atoms with Crippen molar-refractivity contribution in [2.45, 2.75) is 12.8 Å². The molecule has 1 amide bonds. The van der Waals surface area contributed by atoms with Gasteiger partial charge in [-0.2, -0.15) is 0 Å². The summed E-state index contributed by atoms with van der Waals surface area (Å²) in [4.78, 5) is 12.0. The molecule has 0 radical (unpaired) electrons. The number of hydrogen-bond acceptors (Lipinski definition) is 4. The van der Waals surface area contributed by atoms with Gasteiger partial charge in [-0.25, -0.2) is 0 Å². The van der Waals surface area contributed by atoms with Crippen LogP contribution in [0.1, 0.15) is 18.4 Å². The van der Waals surface area contributed by atoms with E-state index in [-0.39, 0.29) is 18.6 Å². The van der Waals surface area contributed by atoms with Crippen molar-refractivity contribution in [2.24, 2.45) is 0 Å². The number of amides is 1. The number of rotatable bonds is 0. The summed E-state index contributed by atoms with van der Waals surface area (Å²) >= 11 is 0. The Morgan fingerprint density at radius 1 is 1.22 bits per heavy atom. The summed E-state index contributed by atoms with van der Waals surface area (Å²) in [5.74, 6) is 2.04. The SMILES string of the molecule is CC1=C2C(=O)Nc3cc4c(cc3C2CO1)OCO4. The molecule has 0 aliphatic carbocycles. The summed E-state index contributed by atoms with van der Waals surface area (Å²) in [6, 6.07) is 3.75. The monoisotopic (exact) mass is 245 g/mol. The quantitative estimate of drug-likeness (QED) is 0.756. The topological polar surface area (TPSA) is 56.8 Å². The highest BCUT2D eigenvalue weighted by atomic mass is 16.7. The summed E-state index contributed by atoms with van der Waals surface area (Å²) in [5, 5.41) is 2.88. The van der Waals surface area contributed by atoms with E-state index < -0.39 is 0 Å². The number of nitrogens with one attached hydrogen (secondary N) is 1. The highest BCUT2D eigenvalue weighted by Crippen LogP contribution is 2.46. The van der Waals surface area contributed by atoms with Gasteiger partial charge in [0.1, 0.15) is 5.76 Å². The summed E-state index contributed by atoms with van der Waals surface area (Å²) in [6.45, 7) is 2.57. The first-order valence-electron chi connectivity index (χ1n) is 5.82. The van der Waals surface area contributed by atoms with Gasteiger partial charge in [-0.1, -0.05) is 0 Å². The van der Waals surface area contributed by atoms with E-state index in [9.17, 15) is 4.79 Å². The molecular weight excluding hydrogens is 234 g/mol. The fourth-order valence-corrected chi connectivity index (χ4v) is 2.72. The van der Waals surface area contributed by atoms with Gasteiger partial charge in [0.05, 0.1) is 18.1 Å². The molecule has 3 aliphatic rings. The van der Waals surface area contributed by atoms with Crippen LogP contribution in [0.5, 0.6) is 11.5 Å². The lowest BCUT2D eigenvalue weighted by atomic mass is 9.87. The number of ether oxygens (including phenoxy) is 3. The molecule has 4 rings (SSSR count). The molecule has 1 aromatic carbocycles. The molecule has 1 aromatic rings. The Kier molecular flexibility index (Phi) is 1.74. The Bertz CT molecular complexity index is 605. The molecule has 18 heavy (non-hydrogen) atoms. The molecule has 0 fully saturated rings. The largest absolute Gasteiger partial charge is 0.497 e. The highest BCUT2D eigenvalue weighted by molar-refractivity contribution is 6.08. The maximum Gasteiger partial charge on any atom is 0.255 e. The fourth-order valence-electron chi connectivity index (χ4n) is 2.72. The van der Waals surface area contributed by atoms with Crippen molar-refractivity contribution >= 4 is 11.6 Å². The fraction of sp³-hybridized carbons (Fsp3) is 0.308. The maximum absolute atomic E-state index is 12.0. The standard InChI is InChI=1S/C13H11NO4/c1-6-12-8(4-16-6)7-2-10-11(18-5-17-10)3-9(7)14-13(12)15/h2-3,8H,4-5H2,1H3,(H,14,15). The van der Waals surface area contributed by atoms with Gasteiger partial charge in [0, 0.05) is 11.8 Å². The molecule has 5 heteroatoms. The van der Waals surface area contributed by atoms with Crippen molar-refractivity contribution in [3.8, 4) is 11.5 Å². The number of anilines is 1. The third-order valence-corrected chi connectivity index (χ3v) is 3.61. The molecule has 3 aliphatic heterocycles. The van der Waals surface area contributed by atoms with Crippen LogP contribution in [0.15, 0.2) is 23.5 Å². The number of hydrogen-bond donors (Lipinski definition) is 1. The third-order valence-electron chi connectivity index (χ3n) is 3.61. The Morgan fingerprint density at radius 2 is 2.00 bits per heavy atom. The van der Waals surface area contributed by atoms with Crippen LogP contribution in [0.4, 0.5) is 5.69 Å². The van der Waals surface area contributed by atoms with Gasteiger partial charge in [0.15, 0.2) is 11.5 Å². The van der Waals surface area contributed by atoms with Crippen LogP contribution >= 0.6 is 0 Å². The van der Waals surface area contributed by atoms with Gasteiger partial charge >= 0.3 is 0 Å². The molecule has 92 valence electrons. The van der Waals surface area contributed by atoms with Gasteiger partial charge in [-0.05, 0) is 18.6 Å². The van der Waals surface area contributed by atoms with E-state index in [0.29, 0.717) is 18.1 Å². The Hall–Kier alpha value is -2.17. The van der Waals surface area contributed by atoms with E-state index in [1.807, 2.05) is 19.1 Å². The first-order chi connectivity index (χ1) is 8.74. The van der Waals surface area contributed by atoms with Gasteiger partial charge in [0.2, 0.25) is 6.79 Å². The van der Waals surface area contributed by atoms with E-state index in [0.717, 1.165) is 22.6 Å². The number of fused-ring (bicyclic) bond motifs is 4. The minimum absolute atomic E-state index is 0.00301. The molecule has 0 bridgehead atoms. The Labute approximate surface area is 103 Å². The first-order valence-corrected chi connectivity index (χ1v) is 5.82. The number of carbonyl (C=O) groups excluding carboxylic acids is 1. The van der Waals surface area contributed by atoms with Crippen molar-refractivity contribution in [1.82, 2.24) is 0 Å². The second-order valence-electron chi connectivity index (χ2n) is 4.58. The normalized spacial score (nSPS) is 23.4. The second-order valence-corrected chi connectivity index (χ2v) is 4.58. The summed E-state index contributed by atoms with van der Waals surface area (Å²) in [6.07, 6.45) is 0. The van der Waals surface area contributed by atoms with Crippen LogP contribution in [0.2, 0.25) is 0 Å². The average molecular weight is 245 g/mol. The molecule has 1 unspecified atom stereocenters. The van der Waals surface area contributed by atoms with Crippen LogP contribution in [0.3, 0.4) is 0 Å². The zero-order valence-corrected chi connectivity index (χ0v) is 9.78. The number of carbonyl (C=O) groups is 1. The third kappa shape index (κ3) is 1.13. The van der Waals surface area contributed by atoms with E-state index in [2.05, 4.69) is 5.32 Å². The minimum Gasteiger partial charge on any atom is -0.497 e. The second kappa shape index (κ2) is 3.19. The lowest BCUT2D eigenvalue weighted by molar-refractivity contribution is -0.113. The van der Waals surface area contributed by atoms with Crippen molar-refractivity contribution < 1.29 is 19.0 Å². The van der Waals surface area contributed by atoms with Gasteiger partial charge in [0.25, 0.3) is 5.91 Å². The van der Waals surface area contributed by atoms with Crippen molar-refractivity contribution in [3.63, 3.8) is 0 Å². The number of benzene rings is 1. The van der Waals surface area contributed by atoms with Gasteiger partial charge in [-0.3, -0.25) is 4.79 Å². The molecule has 1 atom stereocenters. The lowest BCUT2D eigenvalue weighted by Gasteiger charge is -2.23. The van der Waals surface area contributed by atoms with Crippen LogP contribution < -0.4 is 14.8 Å². The van der Waals surface area contributed by atoms with Gasteiger partial charge in [-0.15, -0.1) is 0 Å². The summed E-state index contributed by atoms with van der Waals surface area (Å²) in [5.41, 5.74) is 2.54. The lowest BCUT2D eigenvalue weighted by Crippen LogP contribution is -2.25. The predicted octanol–water partition coefficient (Wildman–Crippen LogP) is 1.76. The molecule has 3 heterocycles. The van der Waals surface area contributed by atoms with Gasteiger partial charge < -0.3 is 19.5 Å². The minimum atomic E-state index is -0.0821. The average Bonchev–Trinajstić information content (AvgIpc) is 2.93. The van der Waals surface area contributed by atoms with Crippen LogP contribution in [0, 0.1) is 0 Å². The maximum atomic E-state index is 12.0. The van der Waals surface area contributed by atoms with Crippen molar-refractivity contribution in [3.05, 3.63) is 29.0 Å². The van der Waals surface area contributed by atoms with Crippen molar-refractivity contribution in [2.75, 3.05) is 18.7 Å². The summed E-state index contributed by atoms with van der Waals surface area (Å²) in [7, 11) is 0. The molecule has 0 saturated carbocycles. The Morgan fingerprint density at radius 3 is 2.83 bits per heavy atom. The molecule has 0 aromatic heterocycles. The van der Waals surface area contributed by atoms with E-state index in [1.165, 1.54) is 0 Å². The molecule has 5 nitrogen and oxygen atoms in total. The number of allylic oxidation sites excluding steroid dienone is 1. The van der Waals surface area contributed by atoms with E-state index >= 15 is 0 Å². The van der Waals surface area contributed by atoms with E-state index in [1.54, 1.807) is 0 Å². The first kappa shape index (κ1) is 9.82. The molecular formula is C13H11NO4. The van der Waals surface area contributed by atoms with Crippen LogP contribution in [-0.4, -0.2) is 19.3 Å². The summed E-state index contributed by atoms with van der Waals surface area (Å²) < 4.78 is 16.2. The predicted molar refractivity (Wildman–Crippen MR) is 62.6 cm³/mol. The zero-order valence-electron chi connectivity index (χ0n) is 9.78. The van der Waals surface area contributed by atoms with Crippen molar-refractivity contribution in [1.29, 1.82) is 0 Å². The molecule has 0 spiro atoms. The van der Waals surface area contributed by atoms with E-state index in [4.69, 9.17) is 14.2 Å².